The number of nitrogens with one attached hydrogen (secondary N) is 1. The third-order valence-corrected chi connectivity index (χ3v) is 7.66. The van der Waals surface area contributed by atoms with Gasteiger partial charge in [-0.15, -0.1) is 0 Å². The van der Waals surface area contributed by atoms with Crippen LogP contribution in [-0.4, -0.2) is 38.2 Å². The quantitative estimate of drug-likeness (QED) is 0.370. The predicted molar refractivity (Wildman–Crippen MR) is 143 cm³/mol. The fourth-order valence-electron chi connectivity index (χ4n) is 3.73. The van der Waals surface area contributed by atoms with Crippen LogP contribution in [0.5, 0.6) is 11.5 Å². The molecule has 188 valence electrons. The summed E-state index contributed by atoms with van der Waals surface area (Å²) in [7, 11) is -0.932. The molecule has 8 nitrogen and oxygen atoms in total. The highest BCUT2D eigenvalue weighted by Gasteiger charge is 2.16. The molecule has 0 radical (unpaired) electrons. The van der Waals surface area contributed by atoms with Crippen LogP contribution in [0, 0.1) is 6.92 Å². The topological polar surface area (TPSA) is 98.5 Å². The van der Waals surface area contributed by atoms with E-state index in [-0.39, 0.29) is 17.9 Å². The highest BCUT2D eigenvalue weighted by molar-refractivity contribution is 7.93. The van der Waals surface area contributed by atoms with Crippen molar-refractivity contribution in [3.63, 3.8) is 0 Å². The van der Waals surface area contributed by atoms with E-state index in [1.54, 1.807) is 37.8 Å². The van der Waals surface area contributed by atoms with Crippen LogP contribution in [0.1, 0.15) is 31.9 Å². The average molecular weight is 506 g/mol. The van der Waals surface area contributed by atoms with Gasteiger partial charge in [-0.3, -0.25) is 14.5 Å². The van der Waals surface area contributed by atoms with Crippen molar-refractivity contribution in [2.24, 2.45) is 4.36 Å². The van der Waals surface area contributed by atoms with E-state index in [1.165, 1.54) is 0 Å². The smallest absolute Gasteiger partial charge is 0.228 e. The Balaban J connectivity index is 1.51. The first-order valence-corrected chi connectivity index (χ1v) is 13.5. The molecule has 1 amide bonds. The van der Waals surface area contributed by atoms with Crippen LogP contribution in [0.25, 0.3) is 10.9 Å². The summed E-state index contributed by atoms with van der Waals surface area (Å²) in [5, 5.41) is 7.98. The first-order chi connectivity index (χ1) is 17.0. The summed E-state index contributed by atoms with van der Waals surface area (Å²) in [5.74, 6) is 1.16. The minimum absolute atomic E-state index is 0.117. The zero-order valence-electron chi connectivity index (χ0n) is 21.4. The second-order valence-electron chi connectivity index (χ2n) is 9.74. The molecular formula is C27H31N5O3S. The van der Waals surface area contributed by atoms with E-state index in [2.05, 4.69) is 40.5 Å². The Morgan fingerprint density at radius 3 is 2.58 bits per heavy atom. The summed E-state index contributed by atoms with van der Waals surface area (Å²) in [6.45, 7) is 8.09. The number of fused-ring (bicyclic) bond motifs is 1. The van der Waals surface area contributed by atoms with Crippen LogP contribution < -0.4 is 10.1 Å². The third kappa shape index (κ3) is 5.57. The fourth-order valence-corrected chi connectivity index (χ4v) is 4.60. The largest absolute Gasteiger partial charge is 0.456 e. The average Bonchev–Trinajstić information content (AvgIpc) is 3.29. The van der Waals surface area contributed by atoms with Crippen molar-refractivity contribution < 1.29 is 13.7 Å². The van der Waals surface area contributed by atoms with Crippen LogP contribution in [0.2, 0.25) is 0 Å². The van der Waals surface area contributed by atoms with E-state index in [9.17, 15) is 9.00 Å². The predicted octanol–water partition coefficient (Wildman–Crippen LogP) is 5.55. The van der Waals surface area contributed by atoms with Crippen molar-refractivity contribution in [3.05, 3.63) is 72.2 Å². The number of aromatic nitrogens is 3. The van der Waals surface area contributed by atoms with Gasteiger partial charge >= 0.3 is 0 Å². The minimum atomic E-state index is -2.48. The molecule has 0 aliphatic carbocycles. The molecule has 2 aromatic heterocycles. The van der Waals surface area contributed by atoms with Crippen molar-refractivity contribution in [3.8, 4) is 11.5 Å². The highest BCUT2D eigenvalue weighted by Crippen LogP contribution is 2.32. The Hall–Kier alpha value is -3.72. The van der Waals surface area contributed by atoms with Crippen LogP contribution in [0.3, 0.4) is 0 Å². The Morgan fingerprint density at radius 2 is 1.92 bits per heavy atom. The number of pyridine rings is 1. The lowest BCUT2D eigenvalue weighted by Gasteiger charge is -2.18. The molecule has 0 aliphatic rings. The van der Waals surface area contributed by atoms with Gasteiger partial charge in [-0.05, 0) is 69.2 Å². The van der Waals surface area contributed by atoms with E-state index in [0.717, 1.165) is 22.0 Å². The lowest BCUT2D eigenvalue weighted by Crippen LogP contribution is -2.22. The van der Waals surface area contributed by atoms with Gasteiger partial charge in [0.05, 0.1) is 39.1 Å². The first kappa shape index (κ1) is 25.4. The Labute approximate surface area is 211 Å². The normalized spacial score (nSPS) is 13.3. The second kappa shape index (κ2) is 9.73. The van der Waals surface area contributed by atoms with Gasteiger partial charge < -0.3 is 10.1 Å². The lowest BCUT2D eigenvalue weighted by molar-refractivity contribution is -0.115. The molecule has 0 spiro atoms. The SMILES string of the molecule is CN=S(C)(=O)c1ccc2nccc(Oc3ccc(CC(=O)Nc4cnn(C(C)(C)C)c4)cc3C)c2c1. The summed E-state index contributed by atoms with van der Waals surface area (Å²) in [4.78, 5) is 17.6. The number of anilines is 1. The van der Waals surface area contributed by atoms with Gasteiger partial charge in [-0.2, -0.15) is 5.10 Å². The summed E-state index contributed by atoms with van der Waals surface area (Å²) in [6, 6.07) is 12.9. The van der Waals surface area contributed by atoms with Crippen LogP contribution in [0.4, 0.5) is 5.69 Å². The third-order valence-electron chi connectivity index (χ3n) is 5.84. The van der Waals surface area contributed by atoms with Crippen LogP contribution in [-0.2, 0) is 26.5 Å². The zero-order chi connectivity index (χ0) is 26.1. The van der Waals surface area contributed by atoms with Gasteiger partial charge in [0, 0.05) is 36.0 Å². The second-order valence-corrected chi connectivity index (χ2v) is 12.2. The molecular weight excluding hydrogens is 474 g/mol. The fraction of sp³-hybridized carbons (Fsp3) is 0.296. The first-order valence-electron chi connectivity index (χ1n) is 11.6. The number of carbonyl (C=O) groups is 1. The maximum Gasteiger partial charge on any atom is 0.228 e. The molecule has 0 saturated carbocycles. The van der Waals surface area contributed by atoms with Gasteiger partial charge in [0.1, 0.15) is 11.5 Å². The standard InChI is InChI=1S/C27H31N5O3S/c1-18-13-19(14-26(33)31-20-16-30-32(17-20)27(2,3)4)7-10-24(18)35-25-11-12-29-23-9-8-21(15-22(23)25)36(6,34)28-5/h7-13,15-17H,14H2,1-6H3,(H,31,33). The summed E-state index contributed by atoms with van der Waals surface area (Å²) < 4.78 is 24.8. The summed E-state index contributed by atoms with van der Waals surface area (Å²) >= 11 is 0. The Bertz CT molecular complexity index is 1560. The number of ether oxygens (including phenoxy) is 1. The monoisotopic (exact) mass is 505 g/mol. The number of nitrogens with zero attached hydrogens (tertiary/aromatic N) is 4. The molecule has 0 fully saturated rings. The molecule has 0 aliphatic heterocycles. The molecule has 2 aromatic carbocycles. The number of aryl methyl sites for hydroxylation is 1. The molecule has 9 heteroatoms. The molecule has 1 unspecified atom stereocenters. The van der Waals surface area contributed by atoms with E-state index >= 15 is 0 Å². The molecule has 0 saturated heterocycles. The lowest BCUT2D eigenvalue weighted by atomic mass is 10.1. The van der Waals surface area contributed by atoms with Gasteiger partial charge in [0.25, 0.3) is 0 Å². The number of amides is 1. The van der Waals surface area contributed by atoms with Crippen molar-refractivity contribution in [1.29, 1.82) is 0 Å². The van der Waals surface area contributed by atoms with Gasteiger partial charge in [-0.1, -0.05) is 12.1 Å². The minimum Gasteiger partial charge on any atom is -0.456 e. The number of carbonyl (C=O) groups excluding carboxylic acids is 1. The van der Waals surface area contributed by atoms with Crippen molar-refractivity contribution in [2.45, 2.75) is 44.6 Å². The number of hydrogen-bond donors (Lipinski definition) is 1. The molecule has 0 bridgehead atoms. The molecule has 4 rings (SSSR count). The number of rotatable bonds is 6. The van der Waals surface area contributed by atoms with E-state index in [4.69, 9.17) is 4.74 Å². The zero-order valence-corrected chi connectivity index (χ0v) is 22.2. The molecule has 1 N–H and O–H groups in total. The van der Waals surface area contributed by atoms with Crippen molar-refractivity contribution in [1.82, 2.24) is 14.8 Å². The van der Waals surface area contributed by atoms with Gasteiger partial charge in [-0.25, -0.2) is 8.57 Å². The highest BCUT2D eigenvalue weighted by atomic mass is 32.2. The molecule has 2 heterocycles. The summed E-state index contributed by atoms with van der Waals surface area (Å²) in [6.07, 6.45) is 7.01. The molecule has 4 aromatic rings. The Kier molecular flexibility index (Phi) is 6.86. The van der Waals surface area contributed by atoms with Gasteiger partial charge in [0.15, 0.2) is 0 Å². The van der Waals surface area contributed by atoms with Crippen molar-refractivity contribution in [2.75, 3.05) is 18.6 Å². The van der Waals surface area contributed by atoms with E-state index < -0.39 is 9.73 Å². The van der Waals surface area contributed by atoms with Crippen LogP contribution in [0.15, 0.2) is 70.3 Å². The van der Waals surface area contributed by atoms with Crippen LogP contribution >= 0.6 is 0 Å². The Morgan fingerprint density at radius 1 is 1.14 bits per heavy atom. The number of benzene rings is 2. The van der Waals surface area contributed by atoms with E-state index in [0.29, 0.717) is 22.1 Å². The van der Waals surface area contributed by atoms with Gasteiger partial charge in [0.2, 0.25) is 5.91 Å². The van der Waals surface area contributed by atoms with E-state index in [1.807, 2.05) is 48.1 Å². The number of hydrogen-bond acceptors (Lipinski definition) is 6. The maximum atomic E-state index is 12.7. The molecule has 1 atom stereocenters. The summed E-state index contributed by atoms with van der Waals surface area (Å²) in [5.41, 5.74) is 3.02. The van der Waals surface area contributed by atoms with Crippen molar-refractivity contribution >= 4 is 32.2 Å². The maximum absolute atomic E-state index is 12.7. The molecule has 36 heavy (non-hydrogen) atoms.